The molecule has 2 fully saturated rings. The number of hydrogen-bond acceptors (Lipinski definition) is 2. The molecule has 2 aliphatic rings. The Hall–Kier alpha value is -2.11. The normalized spacial score (nSPS) is 19.9. The number of hydrogen-bond donors (Lipinski definition) is 2. The second kappa shape index (κ2) is 8.72. The van der Waals surface area contributed by atoms with E-state index in [1.807, 2.05) is 11.0 Å². The number of halogens is 1. The smallest absolute Gasteiger partial charge is 0.222 e. The van der Waals surface area contributed by atoms with E-state index >= 15 is 0 Å². The Kier molecular flexibility index (Phi) is 6.34. The maximum absolute atomic E-state index is 13.5. The highest BCUT2D eigenvalue weighted by Crippen LogP contribution is 2.47. The number of aliphatic imine (C=N–C) groups is 1. The van der Waals surface area contributed by atoms with Crippen molar-refractivity contribution >= 4 is 11.9 Å². The van der Waals surface area contributed by atoms with Gasteiger partial charge in [-0.1, -0.05) is 19.1 Å². The van der Waals surface area contributed by atoms with Crippen LogP contribution < -0.4 is 10.6 Å². The Morgan fingerprint density at radius 1 is 1.37 bits per heavy atom. The molecule has 1 saturated heterocycles. The molecule has 0 spiro atoms. The van der Waals surface area contributed by atoms with E-state index in [-0.39, 0.29) is 17.1 Å². The van der Waals surface area contributed by atoms with Crippen LogP contribution >= 0.6 is 0 Å². The standard InChI is InChI=1S/C21H31FN4O/c1-3-18(26-13-5-8-19(26)27)9-12-24-20(23-2)25-15-21(10-11-21)16-6-4-7-17(22)14-16/h4,6-7,14,18H,3,5,8-13,15H2,1-2H3,(H2,23,24,25). The van der Waals surface area contributed by atoms with Crippen LogP contribution in [0.3, 0.4) is 0 Å². The van der Waals surface area contributed by atoms with Gasteiger partial charge in [-0.05, 0) is 49.8 Å². The van der Waals surface area contributed by atoms with E-state index < -0.39 is 0 Å². The van der Waals surface area contributed by atoms with Crippen molar-refractivity contribution in [1.29, 1.82) is 0 Å². The first-order valence-electron chi connectivity index (χ1n) is 10.1. The number of benzene rings is 1. The summed E-state index contributed by atoms with van der Waals surface area (Å²) in [6.45, 7) is 4.55. The van der Waals surface area contributed by atoms with Gasteiger partial charge in [0.15, 0.2) is 5.96 Å². The molecule has 1 heterocycles. The Labute approximate surface area is 161 Å². The summed E-state index contributed by atoms with van der Waals surface area (Å²) < 4.78 is 13.5. The molecule has 1 aromatic rings. The number of carbonyl (C=O) groups excluding carboxylic acids is 1. The van der Waals surface area contributed by atoms with Gasteiger partial charge in [-0.15, -0.1) is 0 Å². The Bertz CT molecular complexity index is 687. The summed E-state index contributed by atoms with van der Waals surface area (Å²) in [4.78, 5) is 18.3. The molecule has 1 unspecified atom stereocenters. The van der Waals surface area contributed by atoms with Crippen LogP contribution in [0.2, 0.25) is 0 Å². The van der Waals surface area contributed by atoms with Gasteiger partial charge >= 0.3 is 0 Å². The second-order valence-electron chi connectivity index (χ2n) is 7.68. The molecule has 1 aliphatic heterocycles. The number of rotatable bonds is 8. The van der Waals surface area contributed by atoms with E-state index in [0.29, 0.717) is 12.5 Å². The van der Waals surface area contributed by atoms with Crippen molar-refractivity contribution in [3.8, 4) is 0 Å². The van der Waals surface area contributed by atoms with Gasteiger partial charge in [0.25, 0.3) is 0 Å². The van der Waals surface area contributed by atoms with Gasteiger partial charge in [0.2, 0.25) is 5.91 Å². The lowest BCUT2D eigenvalue weighted by Gasteiger charge is -2.27. The lowest BCUT2D eigenvalue weighted by atomic mass is 9.96. The average molecular weight is 375 g/mol. The number of nitrogens with zero attached hydrogens (tertiary/aromatic N) is 2. The van der Waals surface area contributed by atoms with Crippen molar-refractivity contribution in [1.82, 2.24) is 15.5 Å². The van der Waals surface area contributed by atoms with Gasteiger partial charge < -0.3 is 15.5 Å². The third-order valence-corrected chi connectivity index (χ3v) is 5.90. The minimum atomic E-state index is -0.177. The van der Waals surface area contributed by atoms with Gasteiger partial charge in [0.05, 0.1) is 0 Å². The minimum Gasteiger partial charge on any atom is -0.356 e. The zero-order valence-electron chi connectivity index (χ0n) is 16.4. The molecule has 0 bridgehead atoms. The molecule has 6 heteroatoms. The summed E-state index contributed by atoms with van der Waals surface area (Å²) in [6.07, 6.45) is 5.69. The number of guanidine groups is 1. The van der Waals surface area contributed by atoms with Crippen LogP contribution in [0, 0.1) is 5.82 Å². The number of nitrogens with one attached hydrogen (secondary N) is 2. The fourth-order valence-electron chi connectivity index (χ4n) is 4.00. The molecule has 1 aliphatic carbocycles. The summed E-state index contributed by atoms with van der Waals surface area (Å²) in [5.74, 6) is 0.874. The SMILES string of the molecule is CCC(CCNC(=NC)NCC1(c2cccc(F)c2)CC1)N1CCCC1=O. The average Bonchev–Trinajstić information content (AvgIpc) is 3.36. The van der Waals surface area contributed by atoms with Crippen molar-refractivity contribution < 1.29 is 9.18 Å². The molecule has 27 heavy (non-hydrogen) atoms. The first-order chi connectivity index (χ1) is 13.1. The summed E-state index contributed by atoms with van der Waals surface area (Å²) in [7, 11) is 1.76. The van der Waals surface area contributed by atoms with Crippen molar-refractivity contribution in [3.63, 3.8) is 0 Å². The summed E-state index contributed by atoms with van der Waals surface area (Å²) >= 11 is 0. The van der Waals surface area contributed by atoms with Crippen LogP contribution in [0.1, 0.15) is 51.0 Å². The van der Waals surface area contributed by atoms with Gasteiger partial charge in [-0.25, -0.2) is 4.39 Å². The highest BCUT2D eigenvalue weighted by Gasteiger charge is 2.44. The summed E-state index contributed by atoms with van der Waals surface area (Å²) in [5, 5.41) is 6.76. The topological polar surface area (TPSA) is 56.7 Å². The number of carbonyl (C=O) groups is 1. The van der Waals surface area contributed by atoms with Crippen LogP contribution in [0.4, 0.5) is 4.39 Å². The van der Waals surface area contributed by atoms with Gasteiger partial charge in [0, 0.05) is 44.6 Å². The van der Waals surface area contributed by atoms with Crippen LogP contribution in [0.25, 0.3) is 0 Å². The third-order valence-electron chi connectivity index (χ3n) is 5.90. The first kappa shape index (κ1) is 19.6. The molecule has 1 atom stereocenters. The molecule has 1 aromatic carbocycles. The Balaban J connectivity index is 1.46. The van der Waals surface area contributed by atoms with E-state index in [2.05, 4.69) is 22.5 Å². The Morgan fingerprint density at radius 3 is 2.78 bits per heavy atom. The molecule has 1 amide bonds. The van der Waals surface area contributed by atoms with Crippen molar-refractivity contribution in [2.75, 3.05) is 26.7 Å². The minimum absolute atomic E-state index is 0.0215. The molecule has 1 saturated carbocycles. The van der Waals surface area contributed by atoms with Gasteiger partial charge in [-0.3, -0.25) is 9.79 Å². The molecule has 148 valence electrons. The molecule has 0 radical (unpaired) electrons. The zero-order chi connectivity index (χ0) is 19.3. The van der Waals surface area contributed by atoms with Gasteiger partial charge in [0.1, 0.15) is 5.82 Å². The van der Waals surface area contributed by atoms with Crippen molar-refractivity contribution in [2.24, 2.45) is 4.99 Å². The zero-order valence-corrected chi connectivity index (χ0v) is 16.4. The lowest BCUT2D eigenvalue weighted by Crippen LogP contribution is -2.43. The fourth-order valence-corrected chi connectivity index (χ4v) is 4.00. The fraction of sp³-hybridized carbons (Fsp3) is 0.619. The highest BCUT2D eigenvalue weighted by atomic mass is 19.1. The van der Waals surface area contributed by atoms with Crippen molar-refractivity contribution in [3.05, 3.63) is 35.6 Å². The molecular weight excluding hydrogens is 343 g/mol. The maximum atomic E-state index is 13.5. The largest absolute Gasteiger partial charge is 0.356 e. The molecule has 3 rings (SSSR count). The second-order valence-corrected chi connectivity index (χ2v) is 7.68. The highest BCUT2D eigenvalue weighted by molar-refractivity contribution is 5.80. The first-order valence-corrected chi connectivity index (χ1v) is 10.1. The van der Waals surface area contributed by atoms with E-state index in [9.17, 15) is 9.18 Å². The monoisotopic (exact) mass is 374 g/mol. The summed E-state index contributed by atoms with van der Waals surface area (Å²) in [6, 6.07) is 7.22. The van der Waals surface area contributed by atoms with Crippen LogP contribution in [0.5, 0.6) is 0 Å². The van der Waals surface area contributed by atoms with E-state index in [0.717, 1.165) is 63.3 Å². The van der Waals surface area contributed by atoms with Crippen molar-refractivity contribution in [2.45, 2.75) is 56.9 Å². The summed E-state index contributed by atoms with van der Waals surface area (Å²) in [5.41, 5.74) is 1.08. The van der Waals surface area contributed by atoms with E-state index in [1.54, 1.807) is 19.2 Å². The van der Waals surface area contributed by atoms with Crippen LogP contribution in [-0.2, 0) is 10.2 Å². The number of amides is 1. The third kappa shape index (κ3) is 4.79. The molecule has 5 nitrogen and oxygen atoms in total. The predicted molar refractivity (Wildman–Crippen MR) is 106 cm³/mol. The molecule has 0 aromatic heterocycles. The number of likely N-dealkylation sites (tertiary alicyclic amines) is 1. The predicted octanol–water partition coefficient (Wildman–Crippen LogP) is 2.81. The lowest BCUT2D eigenvalue weighted by molar-refractivity contribution is -0.129. The molecular formula is C21H31FN4O. The van der Waals surface area contributed by atoms with Crippen LogP contribution in [0.15, 0.2) is 29.3 Å². The Morgan fingerprint density at radius 2 is 2.19 bits per heavy atom. The van der Waals surface area contributed by atoms with E-state index in [4.69, 9.17) is 0 Å². The van der Waals surface area contributed by atoms with E-state index in [1.165, 1.54) is 6.07 Å². The molecule has 2 N–H and O–H groups in total. The quantitative estimate of drug-likeness (QED) is 0.543. The van der Waals surface area contributed by atoms with Crippen LogP contribution in [-0.4, -0.2) is 49.5 Å². The maximum Gasteiger partial charge on any atom is 0.222 e. The van der Waals surface area contributed by atoms with Gasteiger partial charge in [-0.2, -0.15) is 0 Å².